The molecule has 8 nitrogen and oxygen atoms in total. The number of alkyl halides is 3. The monoisotopic (exact) mass is 530 g/mol. The van der Waals surface area contributed by atoms with Crippen LogP contribution in [0.4, 0.5) is 13.2 Å². The van der Waals surface area contributed by atoms with Crippen LogP contribution in [0.25, 0.3) is 0 Å². The van der Waals surface area contributed by atoms with Gasteiger partial charge in [-0.2, -0.15) is 13.2 Å². The van der Waals surface area contributed by atoms with Crippen molar-refractivity contribution in [1.82, 2.24) is 9.80 Å². The number of nitrogens with zero attached hydrogens (tertiary/aromatic N) is 2. The highest BCUT2D eigenvalue weighted by Gasteiger charge is 2.73. The molecule has 0 saturated carbocycles. The second-order valence-corrected chi connectivity index (χ2v) is 9.97. The molecule has 0 radical (unpaired) electrons. The third kappa shape index (κ3) is 4.72. The van der Waals surface area contributed by atoms with Gasteiger partial charge in [0.1, 0.15) is 5.54 Å². The van der Waals surface area contributed by atoms with Gasteiger partial charge < -0.3 is 9.84 Å². The van der Waals surface area contributed by atoms with Crippen molar-refractivity contribution in [3.8, 4) is 0 Å². The standard InChI is InChI=1S/C22H28N2O4S.C2HF3O2/c1-4-13-29-15-9-7-14(8-10-15)18-16-17(20(26)23(5-2)19(16)25)22(21(27)28-3)11-6-12-24(18)22;3-2(4,5)1(6)7/h7-10,16-18H,4-6,11-13H2,1-3H3;(H,6,7)/t16-,17-,18+,22-;/m0./s1. The van der Waals surface area contributed by atoms with Crippen LogP contribution in [0.3, 0.4) is 0 Å². The molecule has 4 atom stereocenters. The van der Waals surface area contributed by atoms with E-state index >= 15 is 0 Å². The average Bonchev–Trinajstić information content (AvgIpc) is 3.46. The molecule has 4 rings (SSSR count). The van der Waals surface area contributed by atoms with E-state index in [1.165, 1.54) is 16.9 Å². The minimum absolute atomic E-state index is 0.158. The van der Waals surface area contributed by atoms with Crippen molar-refractivity contribution in [2.75, 3.05) is 26.0 Å². The van der Waals surface area contributed by atoms with Crippen LogP contribution < -0.4 is 0 Å². The normalized spacial score (nSPS) is 27.4. The number of thioether (sulfide) groups is 1. The van der Waals surface area contributed by atoms with Gasteiger partial charge in [-0.25, -0.2) is 4.79 Å². The summed E-state index contributed by atoms with van der Waals surface area (Å²) in [5, 5.41) is 7.12. The lowest BCUT2D eigenvalue weighted by atomic mass is 9.77. The lowest BCUT2D eigenvalue weighted by molar-refractivity contribution is -0.192. The third-order valence-corrected chi connectivity index (χ3v) is 8.11. The lowest BCUT2D eigenvalue weighted by Crippen LogP contribution is -2.54. The number of carboxylic acids is 1. The molecular weight excluding hydrogens is 501 g/mol. The van der Waals surface area contributed by atoms with E-state index in [0.717, 1.165) is 24.2 Å². The Morgan fingerprint density at radius 3 is 2.28 bits per heavy atom. The summed E-state index contributed by atoms with van der Waals surface area (Å²) in [5.41, 5.74) is -0.0382. The Morgan fingerprint density at radius 1 is 1.17 bits per heavy atom. The Hall–Kier alpha value is -2.60. The van der Waals surface area contributed by atoms with Crippen LogP contribution in [0.2, 0.25) is 0 Å². The van der Waals surface area contributed by atoms with Crippen molar-refractivity contribution in [1.29, 1.82) is 0 Å². The minimum Gasteiger partial charge on any atom is -0.475 e. The molecule has 1 aromatic rings. The zero-order valence-electron chi connectivity index (χ0n) is 20.2. The predicted molar refractivity (Wildman–Crippen MR) is 124 cm³/mol. The first-order chi connectivity index (χ1) is 16.9. The summed E-state index contributed by atoms with van der Waals surface area (Å²) < 4.78 is 36.9. The fourth-order valence-corrected chi connectivity index (χ4v) is 6.32. The van der Waals surface area contributed by atoms with E-state index in [4.69, 9.17) is 14.6 Å². The number of hydrogen-bond acceptors (Lipinski definition) is 7. The van der Waals surface area contributed by atoms with E-state index in [0.29, 0.717) is 19.5 Å². The zero-order valence-corrected chi connectivity index (χ0v) is 21.0. The van der Waals surface area contributed by atoms with Crippen molar-refractivity contribution in [2.45, 2.75) is 55.8 Å². The molecule has 0 bridgehead atoms. The number of fused-ring (bicyclic) bond motifs is 3. The summed E-state index contributed by atoms with van der Waals surface area (Å²) in [4.78, 5) is 52.9. The minimum atomic E-state index is -5.08. The van der Waals surface area contributed by atoms with Crippen LogP contribution in [0.15, 0.2) is 29.2 Å². The second-order valence-electron chi connectivity index (χ2n) is 8.80. The molecule has 36 heavy (non-hydrogen) atoms. The van der Waals surface area contributed by atoms with Crippen molar-refractivity contribution in [2.24, 2.45) is 11.8 Å². The maximum absolute atomic E-state index is 13.2. The topological polar surface area (TPSA) is 104 Å². The molecule has 2 amide bonds. The van der Waals surface area contributed by atoms with E-state index in [-0.39, 0.29) is 23.8 Å². The first-order valence-electron chi connectivity index (χ1n) is 11.7. The van der Waals surface area contributed by atoms with Gasteiger partial charge in [-0.05, 0) is 56.2 Å². The summed E-state index contributed by atoms with van der Waals surface area (Å²) >= 11 is 1.81. The number of ether oxygens (including phenoxy) is 1. The third-order valence-electron chi connectivity index (χ3n) is 6.89. The molecule has 0 spiro atoms. The van der Waals surface area contributed by atoms with E-state index < -0.39 is 29.5 Å². The maximum atomic E-state index is 13.2. The van der Waals surface area contributed by atoms with Crippen molar-refractivity contribution in [3.63, 3.8) is 0 Å². The fraction of sp³-hybridized carbons (Fsp3) is 0.583. The Kier molecular flexibility index (Phi) is 8.39. The number of amides is 2. The highest BCUT2D eigenvalue weighted by molar-refractivity contribution is 7.99. The summed E-state index contributed by atoms with van der Waals surface area (Å²) in [5.74, 6) is -3.66. The molecule has 3 saturated heterocycles. The second kappa shape index (κ2) is 10.8. The van der Waals surface area contributed by atoms with E-state index in [2.05, 4.69) is 36.1 Å². The van der Waals surface area contributed by atoms with Crippen molar-refractivity contribution in [3.05, 3.63) is 29.8 Å². The Balaban J connectivity index is 0.000000454. The number of carbonyl (C=O) groups excluding carboxylic acids is 3. The molecule has 198 valence electrons. The van der Waals surface area contributed by atoms with Gasteiger partial charge in [0.2, 0.25) is 11.8 Å². The van der Waals surface area contributed by atoms with Gasteiger partial charge in [-0.1, -0.05) is 19.1 Å². The Bertz CT molecular complexity index is 1020. The largest absolute Gasteiger partial charge is 0.490 e. The van der Waals surface area contributed by atoms with Crippen LogP contribution >= 0.6 is 11.8 Å². The highest BCUT2D eigenvalue weighted by Crippen LogP contribution is 2.59. The number of halogens is 3. The number of methoxy groups -OCH3 is 1. The van der Waals surface area contributed by atoms with E-state index in [1.54, 1.807) is 11.8 Å². The molecule has 3 heterocycles. The number of likely N-dealkylation sites (tertiary alicyclic amines) is 1. The molecule has 3 aliphatic heterocycles. The van der Waals surface area contributed by atoms with Crippen molar-refractivity contribution >= 4 is 35.5 Å². The van der Waals surface area contributed by atoms with E-state index in [1.807, 2.05) is 6.92 Å². The Labute approximate surface area is 211 Å². The zero-order chi connectivity index (χ0) is 26.8. The first-order valence-corrected chi connectivity index (χ1v) is 12.7. The number of benzene rings is 1. The smallest absolute Gasteiger partial charge is 0.475 e. The molecular formula is C24H29F3N2O6S. The highest BCUT2D eigenvalue weighted by atomic mass is 32.2. The quantitative estimate of drug-likeness (QED) is 0.339. The van der Waals surface area contributed by atoms with Gasteiger partial charge in [0, 0.05) is 17.5 Å². The lowest BCUT2D eigenvalue weighted by Gasteiger charge is -2.36. The fourth-order valence-electron chi connectivity index (χ4n) is 5.55. The predicted octanol–water partition coefficient (Wildman–Crippen LogP) is 3.51. The maximum Gasteiger partial charge on any atom is 0.490 e. The van der Waals surface area contributed by atoms with Crippen molar-refractivity contribution < 1.29 is 42.2 Å². The molecule has 12 heteroatoms. The van der Waals surface area contributed by atoms with Crippen LogP contribution in [0, 0.1) is 11.8 Å². The number of hydrogen-bond donors (Lipinski definition) is 1. The number of carboxylic acid groups (broad SMARTS) is 1. The summed E-state index contributed by atoms with van der Waals surface area (Å²) in [6.07, 6.45) is -2.61. The van der Waals surface area contributed by atoms with Gasteiger partial charge in [0.15, 0.2) is 0 Å². The SMILES string of the molecule is CCCSc1ccc([C@@H]2[C@H]3C(=O)N(CC)C(=O)[C@H]3[C@]3(C(=O)OC)CCCN23)cc1.O=C(O)C(F)(F)F. The number of aliphatic carboxylic acids is 1. The van der Waals surface area contributed by atoms with Gasteiger partial charge in [0.25, 0.3) is 0 Å². The molecule has 3 fully saturated rings. The van der Waals surface area contributed by atoms with Crippen LogP contribution in [0.1, 0.15) is 44.7 Å². The molecule has 0 unspecified atom stereocenters. The molecule has 1 N–H and O–H groups in total. The summed E-state index contributed by atoms with van der Waals surface area (Å²) in [6, 6.07) is 7.99. The number of imide groups is 1. The van der Waals surface area contributed by atoms with Gasteiger partial charge in [-0.3, -0.25) is 24.2 Å². The van der Waals surface area contributed by atoms with Crippen LogP contribution in [0.5, 0.6) is 0 Å². The number of esters is 1. The number of carbonyl (C=O) groups is 4. The molecule has 0 aliphatic carbocycles. The van der Waals surface area contributed by atoms with Crippen LogP contribution in [-0.4, -0.2) is 76.3 Å². The van der Waals surface area contributed by atoms with Gasteiger partial charge in [0.05, 0.1) is 18.9 Å². The summed E-state index contributed by atoms with van der Waals surface area (Å²) in [7, 11) is 1.37. The average molecular weight is 531 g/mol. The van der Waals surface area contributed by atoms with E-state index in [9.17, 15) is 27.6 Å². The molecule has 1 aromatic carbocycles. The number of rotatable bonds is 6. The van der Waals surface area contributed by atoms with Gasteiger partial charge >= 0.3 is 18.1 Å². The first kappa shape index (κ1) is 28.0. The Morgan fingerprint density at radius 2 is 1.78 bits per heavy atom. The molecule has 0 aromatic heterocycles. The van der Waals surface area contributed by atoms with Gasteiger partial charge in [-0.15, -0.1) is 11.8 Å². The van der Waals surface area contributed by atoms with Crippen LogP contribution in [-0.2, 0) is 23.9 Å². The summed E-state index contributed by atoms with van der Waals surface area (Å²) in [6.45, 7) is 4.98. The molecule has 3 aliphatic rings.